The van der Waals surface area contributed by atoms with Crippen molar-refractivity contribution in [1.82, 2.24) is 5.01 Å². The minimum atomic E-state index is 0.440. The van der Waals surface area contributed by atoms with Crippen LogP contribution in [0.3, 0.4) is 0 Å². The molecule has 13 heavy (non-hydrogen) atoms. The lowest BCUT2D eigenvalue weighted by Crippen LogP contribution is -2.36. The number of hydrogen-bond acceptors (Lipinski definition) is 2. The standard InChI is InChI=1S/C10H17BrN2/c1-8-7-12-13(10(8)11)9-5-3-2-4-6-9/h7-10H,2-6H2,1H3. The molecule has 2 aliphatic rings. The third kappa shape index (κ3) is 1.90. The molecule has 3 heteroatoms. The minimum Gasteiger partial charge on any atom is -0.280 e. The summed E-state index contributed by atoms with van der Waals surface area (Å²) >= 11 is 3.71. The maximum Gasteiger partial charge on any atom is 0.110 e. The first-order valence-electron chi connectivity index (χ1n) is 5.25. The molecule has 0 radical (unpaired) electrons. The Labute approximate surface area is 88.5 Å². The fourth-order valence-corrected chi connectivity index (χ4v) is 2.78. The van der Waals surface area contributed by atoms with Crippen LogP contribution in [0.1, 0.15) is 39.0 Å². The van der Waals surface area contributed by atoms with Gasteiger partial charge in [0.2, 0.25) is 0 Å². The predicted molar refractivity (Wildman–Crippen MR) is 59.1 cm³/mol. The summed E-state index contributed by atoms with van der Waals surface area (Å²) in [5, 5.41) is 6.75. The highest BCUT2D eigenvalue weighted by Crippen LogP contribution is 2.31. The summed E-state index contributed by atoms with van der Waals surface area (Å²) in [6.07, 6.45) is 8.89. The molecule has 2 rings (SSSR count). The lowest BCUT2D eigenvalue weighted by Gasteiger charge is -2.33. The van der Waals surface area contributed by atoms with Gasteiger partial charge in [-0.05, 0) is 12.8 Å². The highest BCUT2D eigenvalue weighted by atomic mass is 79.9. The lowest BCUT2D eigenvalue weighted by atomic mass is 9.95. The van der Waals surface area contributed by atoms with Crippen LogP contribution in [0.5, 0.6) is 0 Å². The Morgan fingerprint density at radius 2 is 2.00 bits per heavy atom. The van der Waals surface area contributed by atoms with Crippen molar-refractivity contribution in [2.45, 2.75) is 50.0 Å². The summed E-state index contributed by atoms with van der Waals surface area (Å²) in [5.41, 5.74) is 0. The van der Waals surface area contributed by atoms with E-state index in [-0.39, 0.29) is 0 Å². The molecule has 0 aromatic rings. The largest absolute Gasteiger partial charge is 0.280 e. The molecule has 1 fully saturated rings. The molecule has 2 nitrogen and oxygen atoms in total. The highest BCUT2D eigenvalue weighted by molar-refractivity contribution is 9.09. The zero-order valence-corrected chi connectivity index (χ0v) is 9.70. The second kappa shape index (κ2) is 3.99. The lowest BCUT2D eigenvalue weighted by molar-refractivity contribution is 0.157. The summed E-state index contributed by atoms with van der Waals surface area (Å²) < 4.78 is 0. The van der Waals surface area contributed by atoms with Gasteiger partial charge in [-0.3, -0.25) is 5.01 Å². The average Bonchev–Trinajstić information content (AvgIpc) is 2.49. The van der Waals surface area contributed by atoms with Crippen molar-refractivity contribution in [3.63, 3.8) is 0 Å². The summed E-state index contributed by atoms with van der Waals surface area (Å²) in [4.78, 5) is 0.440. The molecule has 0 aromatic carbocycles. The van der Waals surface area contributed by atoms with Crippen LogP contribution in [0.4, 0.5) is 0 Å². The van der Waals surface area contributed by atoms with Crippen LogP contribution in [-0.2, 0) is 0 Å². The van der Waals surface area contributed by atoms with E-state index in [1.807, 2.05) is 0 Å². The van der Waals surface area contributed by atoms with Gasteiger partial charge < -0.3 is 0 Å². The minimum absolute atomic E-state index is 0.440. The summed E-state index contributed by atoms with van der Waals surface area (Å²) in [6, 6.07) is 0.694. The van der Waals surface area contributed by atoms with Gasteiger partial charge in [0, 0.05) is 18.2 Å². The smallest absolute Gasteiger partial charge is 0.110 e. The number of hydrazone groups is 1. The van der Waals surface area contributed by atoms with Gasteiger partial charge in [-0.15, -0.1) is 0 Å². The van der Waals surface area contributed by atoms with Gasteiger partial charge in [-0.1, -0.05) is 42.1 Å². The Hall–Kier alpha value is -0.0500. The van der Waals surface area contributed by atoms with Crippen LogP contribution in [0, 0.1) is 5.92 Å². The highest BCUT2D eigenvalue weighted by Gasteiger charge is 2.31. The van der Waals surface area contributed by atoms with Crippen molar-refractivity contribution in [2.24, 2.45) is 11.0 Å². The van der Waals surface area contributed by atoms with Gasteiger partial charge in [0.05, 0.1) is 0 Å². The van der Waals surface area contributed by atoms with Gasteiger partial charge in [0.1, 0.15) is 4.95 Å². The maximum atomic E-state index is 4.48. The van der Waals surface area contributed by atoms with E-state index >= 15 is 0 Å². The quantitative estimate of drug-likeness (QED) is 0.512. The third-order valence-electron chi connectivity index (χ3n) is 3.07. The zero-order valence-electron chi connectivity index (χ0n) is 8.12. The zero-order chi connectivity index (χ0) is 9.26. The average molecular weight is 245 g/mol. The fraction of sp³-hybridized carbons (Fsp3) is 0.900. The molecule has 0 aromatic heterocycles. The van der Waals surface area contributed by atoms with Crippen LogP contribution < -0.4 is 0 Å². The molecule has 2 unspecified atom stereocenters. The van der Waals surface area contributed by atoms with E-state index in [1.165, 1.54) is 32.1 Å². The van der Waals surface area contributed by atoms with Gasteiger partial charge in [0.25, 0.3) is 0 Å². The molecular weight excluding hydrogens is 228 g/mol. The molecule has 0 spiro atoms. The van der Waals surface area contributed by atoms with E-state index in [2.05, 4.69) is 39.2 Å². The van der Waals surface area contributed by atoms with Crippen molar-refractivity contribution < 1.29 is 0 Å². The predicted octanol–water partition coefficient (Wildman–Crippen LogP) is 2.98. The van der Waals surface area contributed by atoms with Gasteiger partial charge in [-0.25, -0.2) is 0 Å². The van der Waals surface area contributed by atoms with Gasteiger partial charge in [-0.2, -0.15) is 5.10 Å². The third-order valence-corrected chi connectivity index (χ3v) is 4.32. The Balaban J connectivity index is 1.96. The normalized spacial score (nSPS) is 35.7. The first kappa shape index (κ1) is 9.50. The van der Waals surface area contributed by atoms with Crippen molar-refractivity contribution in [3.05, 3.63) is 0 Å². The van der Waals surface area contributed by atoms with Crippen molar-refractivity contribution in [3.8, 4) is 0 Å². The molecule has 1 aliphatic carbocycles. The van der Waals surface area contributed by atoms with Gasteiger partial charge in [0.15, 0.2) is 0 Å². The van der Waals surface area contributed by atoms with Crippen LogP contribution in [0.15, 0.2) is 5.10 Å². The first-order valence-corrected chi connectivity index (χ1v) is 6.17. The van der Waals surface area contributed by atoms with Crippen LogP contribution in [-0.4, -0.2) is 22.2 Å². The number of hydrogen-bond donors (Lipinski definition) is 0. The summed E-state index contributed by atoms with van der Waals surface area (Å²) in [6.45, 7) is 2.21. The van der Waals surface area contributed by atoms with Crippen LogP contribution in [0.25, 0.3) is 0 Å². The molecule has 0 amide bonds. The maximum absolute atomic E-state index is 4.48. The van der Waals surface area contributed by atoms with Crippen molar-refractivity contribution in [1.29, 1.82) is 0 Å². The molecule has 1 aliphatic heterocycles. The molecule has 74 valence electrons. The molecule has 0 N–H and O–H groups in total. The van der Waals surface area contributed by atoms with E-state index in [0.29, 0.717) is 16.9 Å². The molecule has 1 saturated carbocycles. The van der Waals surface area contributed by atoms with Crippen molar-refractivity contribution >= 4 is 22.1 Å². The number of alkyl halides is 1. The number of nitrogens with zero attached hydrogens (tertiary/aromatic N) is 2. The molecule has 0 bridgehead atoms. The van der Waals surface area contributed by atoms with E-state index < -0.39 is 0 Å². The summed E-state index contributed by atoms with van der Waals surface area (Å²) in [7, 11) is 0. The number of halogens is 1. The molecule has 2 atom stereocenters. The SMILES string of the molecule is CC1C=NN(C2CCCCC2)C1Br. The molecular formula is C10H17BrN2. The van der Waals surface area contributed by atoms with Crippen LogP contribution in [0.2, 0.25) is 0 Å². The van der Waals surface area contributed by atoms with E-state index in [9.17, 15) is 0 Å². The van der Waals surface area contributed by atoms with Gasteiger partial charge >= 0.3 is 0 Å². The monoisotopic (exact) mass is 244 g/mol. The first-order chi connectivity index (χ1) is 6.29. The topological polar surface area (TPSA) is 15.6 Å². The Bertz CT molecular complexity index is 199. The fourth-order valence-electron chi connectivity index (χ4n) is 2.20. The van der Waals surface area contributed by atoms with E-state index in [4.69, 9.17) is 0 Å². The number of rotatable bonds is 1. The van der Waals surface area contributed by atoms with Crippen LogP contribution >= 0.6 is 15.9 Å². The van der Waals surface area contributed by atoms with Crippen molar-refractivity contribution in [2.75, 3.05) is 0 Å². The molecule has 1 heterocycles. The van der Waals surface area contributed by atoms with E-state index in [0.717, 1.165) is 0 Å². The second-order valence-corrected chi connectivity index (χ2v) is 5.11. The Kier molecular flexibility index (Phi) is 2.92. The molecule has 0 saturated heterocycles. The Morgan fingerprint density at radius 1 is 1.31 bits per heavy atom. The summed E-state index contributed by atoms with van der Waals surface area (Å²) in [5.74, 6) is 0.557. The van der Waals surface area contributed by atoms with E-state index in [1.54, 1.807) is 0 Å². The Morgan fingerprint density at radius 3 is 2.54 bits per heavy atom. The second-order valence-electron chi connectivity index (χ2n) is 4.17.